The predicted octanol–water partition coefficient (Wildman–Crippen LogP) is 32.8. The highest BCUT2D eigenvalue weighted by atomic mass is 79.9. The van der Waals surface area contributed by atoms with Gasteiger partial charge in [-0.1, -0.05) is 259 Å². The molecule has 2 saturated heterocycles. The molecule has 104 heavy (non-hydrogen) atoms. The summed E-state index contributed by atoms with van der Waals surface area (Å²) in [5, 5.41) is 4.62. The normalized spacial score (nSPS) is 15.3. The van der Waals surface area contributed by atoms with Gasteiger partial charge in [-0.05, 0) is 220 Å². The van der Waals surface area contributed by atoms with Crippen LogP contribution in [0.5, 0.6) is 0 Å². The standard InChI is InChI=1S/C38H56S4.C32H52Br2S2.C18H26B2O4S2/c1-3-5-7-9-11-13-15-17-19-21-23-31-25-27-39-37(31)35-29-33-34(41-35)30-36(42-33)38-32(26-28-40-38)24-22-20-18-16-14-12-10-8-6-4-2;1-3-5-7-9-11-13-15-17-19-21-23-27-25-29(35-31(27)33)30-26-28(32(34)36-30)24-22-20-18-16-14-12-10-8-6-4-2;1-15(2)16(3,4)22-19(21-15)13-9-11-12(25-13)10-14(26-11)20-23-17(5,6)18(7,8)24-20/h25-30H,3-24H2,1-2H3;25-26H,3-24H2,1-2H3;9-10H,1-8H3. The van der Waals surface area contributed by atoms with Crippen molar-refractivity contribution in [2.45, 2.75) is 388 Å². The first-order chi connectivity index (χ1) is 50.3. The Kier molecular flexibility index (Phi) is 40.0. The summed E-state index contributed by atoms with van der Waals surface area (Å²) in [6.45, 7) is 25.9. The van der Waals surface area contributed by atoms with Crippen LogP contribution >= 0.6 is 123 Å². The number of halogens is 2. The molecule has 0 spiro atoms. The molecule has 4 nitrogen and oxygen atoms in total. The molecule has 2 fully saturated rings. The lowest BCUT2D eigenvalue weighted by molar-refractivity contribution is 0.00578. The molecule has 0 aliphatic carbocycles. The molecular formula is C88H134B2Br2O4S8. The van der Waals surface area contributed by atoms with E-state index >= 15 is 0 Å². The average Bonchev–Trinajstić information content (AvgIpc) is 1.61. The van der Waals surface area contributed by atoms with Crippen molar-refractivity contribution in [3.63, 3.8) is 0 Å². The number of fused-ring (bicyclic) bond motifs is 2. The van der Waals surface area contributed by atoms with Crippen LogP contribution in [0.1, 0.15) is 362 Å². The van der Waals surface area contributed by atoms with Gasteiger partial charge >= 0.3 is 14.2 Å². The monoisotopic (exact) mass is 1690 g/mol. The zero-order valence-electron chi connectivity index (χ0n) is 66.7. The van der Waals surface area contributed by atoms with Crippen molar-refractivity contribution in [3.8, 4) is 29.3 Å². The largest absolute Gasteiger partial charge is 0.505 e. The van der Waals surface area contributed by atoms with Crippen LogP contribution in [-0.4, -0.2) is 36.6 Å². The predicted molar refractivity (Wildman–Crippen MR) is 483 cm³/mol. The molecule has 0 atom stereocenters. The molecule has 0 unspecified atom stereocenters. The minimum absolute atomic E-state index is 0.301. The van der Waals surface area contributed by atoms with E-state index < -0.39 is 0 Å². The lowest BCUT2D eigenvalue weighted by Crippen LogP contribution is -2.41. The highest BCUT2D eigenvalue weighted by molar-refractivity contribution is 9.11. The zero-order chi connectivity index (χ0) is 74.2. The SMILES string of the molecule is CC1(C)OB(c2cc3sc(B4OC(C)(C)C(C)(C)O4)cc3s2)OC1(C)C.CCCCCCCCCCCCc1cc(-c2cc(CCCCCCCCCCCC)c(Br)s2)sc1Br.CCCCCCCCCCCCc1ccsc1-c1cc2sc(-c3sccc3CCCCCCCCCCCC)cc2s1. The van der Waals surface area contributed by atoms with E-state index in [2.05, 4.69) is 174 Å². The summed E-state index contributed by atoms with van der Waals surface area (Å²) in [5.41, 5.74) is 4.90. The summed E-state index contributed by atoms with van der Waals surface area (Å²) in [6, 6.07) is 19.0. The summed E-state index contributed by atoms with van der Waals surface area (Å²) >= 11 is 22.9. The van der Waals surface area contributed by atoms with Gasteiger partial charge in [0.15, 0.2) is 0 Å². The van der Waals surface area contributed by atoms with Gasteiger partial charge in [-0.3, -0.25) is 0 Å². The van der Waals surface area contributed by atoms with E-state index in [1.165, 1.54) is 349 Å². The quantitative estimate of drug-likeness (QED) is 0.0281. The van der Waals surface area contributed by atoms with Gasteiger partial charge in [0.1, 0.15) is 0 Å². The molecule has 0 radical (unpaired) electrons. The van der Waals surface area contributed by atoms with Gasteiger partial charge in [-0.15, -0.1) is 90.7 Å². The van der Waals surface area contributed by atoms with Crippen molar-refractivity contribution in [2.75, 3.05) is 0 Å². The smallest absolute Gasteiger partial charge is 0.399 e. The Morgan fingerprint density at radius 2 is 0.519 bits per heavy atom. The van der Waals surface area contributed by atoms with Crippen LogP contribution in [-0.2, 0) is 44.3 Å². The Morgan fingerprint density at radius 3 is 0.788 bits per heavy atom. The molecule has 10 heterocycles. The van der Waals surface area contributed by atoms with Crippen molar-refractivity contribution in [2.24, 2.45) is 0 Å². The minimum Gasteiger partial charge on any atom is -0.399 e. The van der Waals surface area contributed by atoms with Gasteiger partial charge in [0.2, 0.25) is 0 Å². The van der Waals surface area contributed by atoms with Crippen LogP contribution in [0.25, 0.3) is 48.1 Å². The first-order valence-electron chi connectivity index (χ1n) is 41.7. The highest BCUT2D eigenvalue weighted by Crippen LogP contribution is 2.48. The van der Waals surface area contributed by atoms with E-state index in [0.717, 1.165) is 9.55 Å². The van der Waals surface area contributed by atoms with Gasteiger partial charge < -0.3 is 18.6 Å². The molecule has 16 heteroatoms. The molecule has 0 N–H and O–H groups in total. The van der Waals surface area contributed by atoms with E-state index in [-0.39, 0.29) is 36.6 Å². The van der Waals surface area contributed by atoms with Gasteiger partial charge in [0.05, 0.1) is 30.0 Å². The van der Waals surface area contributed by atoms with Crippen LogP contribution in [0.3, 0.4) is 0 Å². The minimum atomic E-state index is -0.317. The second-order valence-corrected chi connectivity index (χ2v) is 43.2. The maximum absolute atomic E-state index is 6.18. The molecule has 8 aromatic heterocycles. The third kappa shape index (κ3) is 28.3. The van der Waals surface area contributed by atoms with Crippen molar-refractivity contribution >= 4 is 165 Å². The molecular weight excluding hydrogens is 1560 g/mol. The number of unbranched alkanes of at least 4 members (excludes halogenated alkanes) is 36. The third-order valence-corrected chi connectivity index (χ3v) is 33.3. The highest BCUT2D eigenvalue weighted by Gasteiger charge is 2.54. The second-order valence-electron chi connectivity index (χ2n) is 32.2. The molecule has 2 aliphatic rings. The summed E-state index contributed by atoms with van der Waals surface area (Å²) < 4.78 is 35.0. The third-order valence-electron chi connectivity index (χ3n) is 22.3. The van der Waals surface area contributed by atoms with Gasteiger partial charge in [0, 0.05) is 57.6 Å². The van der Waals surface area contributed by atoms with E-state index in [4.69, 9.17) is 18.6 Å². The van der Waals surface area contributed by atoms with Crippen LogP contribution < -0.4 is 9.55 Å². The summed E-state index contributed by atoms with van der Waals surface area (Å²) in [7, 11) is -0.602. The maximum Gasteiger partial charge on any atom is 0.505 e. The Balaban J connectivity index is 0.000000202. The number of hydrogen-bond acceptors (Lipinski definition) is 12. The Bertz CT molecular complexity index is 3310. The zero-order valence-corrected chi connectivity index (χ0v) is 76.4. The second kappa shape index (κ2) is 46.9. The Morgan fingerprint density at radius 1 is 0.279 bits per heavy atom. The maximum atomic E-state index is 6.18. The van der Waals surface area contributed by atoms with E-state index in [9.17, 15) is 0 Å². The molecule has 10 rings (SSSR count). The number of rotatable bonds is 49. The summed E-state index contributed by atoms with van der Waals surface area (Å²) in [5.74, 6) is 0. The molecule has 578 valence electrons. The van der Waals surface area contributed by atoms with Gasteiger partial charge in [0.25, 0.3) is 0 Å². The van der Waals surface area contributed by atoms with E-state index in [1.807, 2.05) is 68.0 Å². The van der Waals surface area contributed by atoms with Crippen molar-refractivity contribution < 1.29 is 18.6 Å². The molecule has 2 aliphatic heterocycles. The molecule has 0 saturated carbocycles. The average molecular weight is 1690 g/mol. The van der Waals surface area contributed by atoms with Gasteiger partial charge in [-0.25, -0.2) is 0 Å². The van der Waals surface area contributed by atoms with Gasteiger partial charge in [-0.2, -0.15) is 0 Å². The molecule has 8 aromatic rings. The van der Waals surface area contributed by atoms with E-state index in [1.54, 1.807) is 33.8 Å². The van der Waals surface area contributed by atoms with Crippen LogP contribution in [0.2, 0.25) is 0 Å². The summed E-state index contributed by atoms with van der Waals surface area (Å²) in [4.78, 5) is 8.89. The fourth-order valence-electron chi connectivity index (χ4n) is 14.2. The van der Waals surface area contributed by atoms with Crippen LogP contribution in [0.4, 0.5) is 0 Å². The summed E-state index contributed by atoms with van der Waals surface area (Å²) in [6.07, 6.45) is 61.2. The van der Waals surface area contributed by atoms with Crippen molar-refractivity contribution in [3.05, 3.63) is 89.1 Å². The number of thiophene rings is 8. The molecule has 0 aromatic carbocycles. The lowest BCUT2D eigenvalue weighted by Gasteiger charge is -2.32. The fourth-order valence-corrected chi connectivity index (χ4v) is 24.8. The van der Waals surface area contributed by atoms with Crippen LogP contribution in [0, 0.1) is 0 Å². The first kappa shape index (κ1) is 88.6. The molecule has 0 bridgehead atoms. The Labute approximate surface area is 683 Å². The lowest BCUT2D eigenvalue weighted by atomic mass is 9.88. The fraction of sp³-hybridized carbons (Fsp3) is 0.682. The number of aryl methyl sites for hydroxylation is 4. The molecule has 0 amide bonds. The van der Waals surface area contributed by atoms with Crippen molar-refractivity contribution in [1.82, 2.24) is 0 Å². The number of hydrogen-bond donors (Lipinski definition) is 0. The van der Waals surface area contributed by atoms with Crippen molar-refractivity contribution in [1.29, 1.82) is 0 Å². The first-order valence-corrected chi connectivity index (χ1v) is 50.0. The van der Waals surface area contributed by atoms with Crippen LogP contribution in [0.15, 0.2) is 66.9 Å². The Hall–Kier alpha value is -0.950. The van der Waals surface area contributed by atoms with E-state index in [0.29, 0.717) is 0 Å². The topological polar surface area (TPSA) is 36.9 Å².